The summed E-state index contributed by atoms with van der Waals surface area (Å²) in [6.07, 6.45) is 1.43. The molecular formula is C19H16N4O2. The highest BCUT2D eigenvalue weighted by Crippen LogP contribution is 2.35. The molecule has 0 saturated carbocycles. The van der Waals surface area contributed by atoms with Gasteiger partial charge in [-0.2, -0.15) is 5.26 Å². The van der Waals surface area contributed by atoms with Gasteiger partial charge in [0, 0.05) is 24.1 Å². The van der Waals surface area contributed by atoms with Gasteiger partial charge in [-0.3, -0.25) is 9.59 Å². The number of pyridine rings is 1. The monoisotopic (exact) mass is 332 g/mol. The summed E-state index contributed by atoms with van der Waals surface area (Å²) in [6.45, 7) is 3.35. The number of rotatable bonds is 2. The molecule has 6 heteroatoms. The third kappa shape index (κ3) is 2.83. The fraction of sp³-hybridized carbons (Fsp3) is 0.105. The summed E-state index contributed by atoms with van der Waals surface area (Å²) in [5.41, 5.74) is 9.02. The SMILES string of the molecule is CC(=O)Nc1c[nH]c(=O)c2c(N)c(C#N)c(-c3ccc(C)cc3)cc12. The molecule has 0 atom stereocenters. The summed E-state index contributed by atoms with van der Waals surface area (Å²) in [7, 11) is 0. The Balaban J connectivity index is 2.42. The highest BCUT2D eigenvalue weighted by Gasteiger charge is 2.17. The van der Waals surface area contributed by atoms with Crippen LogP contribution in [0.5, 0.6) is 0 Å². The van der Waals surface area contributed by atoms with Gasteiger partial charge in [0.2, 0.25) is 5.91 Å². The van der Waals surface area contributed by atoms with Crippen LogP contribution in [-0.2, 0) is 4.79 Å². The second kappa shape index (κ2) is 6.13. The van der Waals surface area contributed by atoms with Crippen molar-refractivity contribution in [1.82, 2.24) is 4.98 Å². The minimum Gasteiger partial charge on any atom is -0.397 e. The van der Waals surface area contributed by atoms with Gasteiger partial charge in [-0.05, 0) is 18.6 Å². The summed E-state index contributed by atoms with van der Waals surface area (Å²) >= 11 is 0. The van der Waals surface area contributed by atoms with Crippen molar-refractivity contribution in [2.24, 2.45) is 0 Å². The largest absolute Gasteiger partial charge is 0.397 e. The highest BCUT2D eigenvalue weighted by atomic mass is 16.1. The van der Waals surface area contributed by atoms with Gasteiger partial charge in [0.1, 0.15) is 6.07 Å². The molecule has 1 amide bonds. The number of fused-ring (bicyclic) bond motifs is 1. The van der Waals surface area contributed by atoms with Gasteiger partial charge in [-0.1, -0.05) is 29.8 Å². The predicted molar refractivity (Wildman–Crippen MR) is 98.2 cm³/mol. The molecule has 3 rings (SSSR count). The zero-order valence-corrected chi connectivity index (χ0v) is 13.8. The molecule has 0 aliphatic carbocycles. The van der Waals surface area contributed by atoms with E-state index in [1.54, 1.807) is 6.07 Å². The molecule has 2 aromatic carbocycles. The van der Waals surface area contributed by atoms with Crippen LogP contribution in [0.15, 0.2) is 41.3 Å². The third-order valence-corrected chi connectivity index (χ3v) is 4.02. The van der Waals surface area contributed by atoms with Gasteiger partial charge >= 0.3 is 0 Å². The summed E-state index contributed by atoms with van der Waals surface area (Å²) < 4.78 is 0. The van der Waals surface area contributed by atoms with Crippen LogP contribution in [-0.4, -0.2) is 10.9 Å². The van der Waals surface area contributed by atoms with E-state index in [1.165, 1.54) is 13.1 Å². The third-order valence-electron chi connectivity index (χ3n) is 4.02. The molecule has 6 nitrogen and oxygen atoms in total. The van der Waals surface area contributed by atoms with E-state index in [9.17, 15) is 14.9 Å². The van der Waals surface area contributed by atoms with Gasteiger partial charge in [-0.25, -0.2) is 0 Å². The Kier molecular flexibility index (Phi) is 3.99. The summed E-state index contributed by atoms with van der Waals surface area (Å²) in [5, 5.41) is 12.9. The molecule has 0 fully saturated rings. The lowest BCUT2D eigenvalue weighted by atomic mass is 9.94. The first kappa shape index (κ1) is 16.3. The fourth-order valence-electron chi connectivity index (χ4n) is 2.82. The highest BCUT2D eigenvalue weighted by molar-refractivity contribution is 6.08. The Morgan fingerprint density at radius 3 is 2.56 bits per heavy atom. The minimum absolute atomic E-state index is 0.101. The van der Waals surface area contributed by atoms with E-state index in [2.05, 4.69) is 16.4 Å². The number of aromatic amines is 1. The number of nitriles is 1. The lowest BCUT2D eigenvalue weighted by Crippen LogP contribution is -2.14. The van der Waals surface area contributed by atoms with Crippen LogP contribution in [0.3, 0.4) is 0 Å². The molecule has 1 aromatic heterocycles. The maximum absolute atomic E-state index is 12.2. The molecule has 0 spiro atoms. The molecule has 124 valence electrons. The number of nitrogen functional groups attached to an aromatic ring is 1. The van der Waals surface area contributed by atoms with Crippen LogP contribution in [0.25, 0.3) is 21.9 Å². The van der Waals surface area contributed by atoms with Crippen molar-refractivity contribution in [3.05, 3.63) is 58.0 Å². The molecule has 0 saturated heterocycles. The van der Waals surface area contributed by atoms with Gasteiger partial charge in [0.25, 0.3) is 5.56 Å². The van der Waals surface area contributed by atoms with Crippen molar-refractivity contribution in [1.29, 1.82) is 5.26 Å². The molecule has 0 radical (unpaired) electrons. The molecule has 0 aliphatic heterocycles. The Morgan fingerprint density at radius 2 is 1.96 bits per heavy atom. The first-order valence-electron chi connectivity index (χ1n) is 7.65. The number of carbonyl (C=O) groups is 1. The number of nitrogens with two attached hydrogens (primary N) is 1. The van der Waals surface area contributed by atoms with E-state index in [-0.39, 0.29) is 22.5 Å². The Bertz CT molecular complexity index is 1090. The van der Waals surface area contributed by atoms with E-state index in [0.717, 1.165) is 11.1 Å². The van der Waals surface area contributed by atoms with E-state index in [0.29, 0.717) is 16.6 Å². The number of anilines is 2. The van der Waals surface area contributed by atoms with Gasteiger partial charge in [-0.15, -0.1) is 0 Å². The number of amides is 1. The van der Waals surface area contributed by atoms with Gasteiger partial charge in [0.05, 0.1) is 22.3 Å². The number of nitrogens with zero attached hydrogens (tertiary/aromatic N) is 1. The van der Waals surface area contributed by atoms with Crippen LogP contribution < -0.4 is 16.6 Å². The van der Waals surface area contributed by atoms with Crippen molar-refractivity contribution in [2.45, 2.75) is 13.8 Å². The Morgan fingerprint density at radius 1 is 1.28 bits per heavy atom. The number of nitrogens with one attached hydrogen (secondary N) is 2. The average molecular weight is 332 g/mol. The smallest absolute Gasteiger partial charge is 0.258 e. The summed E-state index contributed by atoms with van der Waals surface area (Å²) in [6, 6.07) is 11.5. The Labute approximate surface area is 143 Å². The van der Waals surface area contributed by atoms with Crippen molar-refractivity contribution in [2.75, 3.05) is 11.1 Å². The Hall–Kier alpha value is -3.59. The van der Waals surface area contributed by atoms with Gasteiger partial charge in [0.15, 0.2) is 0 Å². The van der Waals surface area contributed by atoms with Crippen molar-refractivity contribution in [3.8, 4) is 17.2 Å². The fourth-order valence-corrected chi connectivity index (χ4v) is 2.82. The number of H-pyrrole nitrogens is 1. The van der Waals surface area contributed by atoms with Crippen molar-refractivity contribution in [3.63, 3.8) is 0 Å². The minimum atomic E-state index is -0.409. The topological polar surface area (TPSA) is 112 Å². The van der Waals surface area contributed by atoms with Gasteiger partial charge < -0.3 is 16.0 Å². The van der Waals surface area contributed by atoms with Crippen LogP contribution in [0, 0.1) is 18.3 Å². The van der Waals surface area contributed by atoms with E-state index < -0.39 is 5.56 Å². The molecule has 1 heterocycles. The van der Waals surface area contributed by atoms with Crippen molar-refractivity contribution < 1.29 is 4.79 Å². The summed E-state index contributed by atoms with van der Waals surface area (Å²) in [5.74, 6) is -0.270. The number of aromatic nitrogens is 1. The maximum Gasteiger partial charge on any atom is 0.258 e. The zero-order valence-electron chi connectivity index (χ0n) is 13.8. The predicted octanol–water partition coefficient (Wildman–Crippen LogP) is 2.92. The first-order valence-corrected chi connectivity index (χ1v) is 7.65. The lowest BCUT2D eigenvalue weighted by molar-refractivity contribution is -0.114. The van der Waals surface area contributed by atoms with Crippen molar-refractivity contribution >= 4 is 28.1 Å². The standard InChI is InChI=1S/C19H16N4O2/c1-10-3-5-12(6-4-10)13-7-14-16(23-11(2)24)9-22-19(25)17(14)18(21)15(13)8-20/h3-7,9H,21H2,1-2H3,(H,22,25)(H,23,24). The molecule has 0 aliphatic rings. The quantitative estimate of drug-likeness (QED) is 0.626. The average Bonchev–Trinajstić information content (AvgIpc) is 2.57. The number of hydrogen-bond donors (Lipinski definition) is 3. The molecule has 4 N–H and O–H groups in total. The normalized spacial score (nSPS) is 10.4. The lowest BCUT2D eigenvalue weighted by Gasteiger charge is -2.13. The zero-order chi connectivity index (χ0) is 18.1. The number of aryl methyl sites for hydroxylation is 1. The molecular weight excluding hydrogens is 316 g/mol. The maximum atomic E-state index is 12.2. The second-order valence-electron chi connectivity index (χ2n) is 5.83. The van der Waals surface area contributed by atoms with E-state index in [1.807, 2.05) is 31.2 Å². The molecule has 0 bridgehead atoms. The van der Waals surface area contributed by atoms with Crippen LogP contribution >= 0.6 is 0 Å². The molecule has 3 aromatic rings. The van der Waals surface area contributed by atoms with E-state index in [4.69, 9.17) is 5.73 Å². The number of carbonyl (C=O) groups excluding carboxylic acids is 1. The van der Waals surface area contributed by atoms with Crippen LogP contribution in [0.4, 0.5) is 11.4 Å². The number of hydrogen-bond acceptors (Lipinski definition) is 4. The molecule has 0 unspecified atom stereocenters. The van der Waals surface area contributed by atoms with Crippen LogP contribution in [0.2, 0.25) is 0 Å². The van der Waals surface area contributed by atoms with Crippen LogP contribution in [0.1, 0.15) is 18.1 Å². The summed E-state index contributed by atoms with van der Waals surface area (Å²) in [4.78, 5) is 26.2. The first-order chi connectivity index (χ1) is 11.9. The van der Waals surface area contributed by atoms with E-state index >= 15 is 0 Å². The second-order valence-corrected chi connectivity index (χ2v) is 5.83. The number of benzene rings is 2. The molecule has 25 heavy (non-hydrogen) atoms.